The minimum atomic E-state index is -0.304. The average molecular weight is 481 g/mol. The van der Waals surface area contributed by atoms with E-state index in [2.05, 4.69) is 33.8 Å². The zero-order valence-corrected chi connectivity index (χ0v) is 22.2. The molecule has 0 heterocycles. The standard InChI is InChI=1S/C31H44O4/c1-6-23-30(2,3)28(33)13-11-9-7-8-10-12-14-29(34)35-27-21-17-25(18-22-27)31(4,5)24-15-19-26(32)20-16-24/h6,15-23,28,32-33H,7-14H2,1-5H3/b23-6+. The summed E-state index contributed by atoms with van der Waals surface area (Å²) in [4.78, 5) is 12.2. The molecule has 0 aliphatic heterocycles. The van der Waals surface area contributed by atoms with E-state index < -0.39 is 0 Å². The number of esters is 1. The van der Waals surface area contributed by atoms with Crippen molar-refractivity contribution in [2.75, 3.05) is 0 Å². The first-order valence-electron chi connectivity index (χ1n) is 13.0. The molecule has 2 rings (SSSR count). The summed E-state index contributed by atoms with van der Waals surface area (Å²) in [6.45, 7) is 10.4. The second-order valence-corrected chi connectivity index (χ2v) is 10.7. The fourth-order valence-electron chi connectivity index (χ4n) is 4.39. The third kappa shape index (κ3) is 9.18. The highest BCUT2D eigenvalue weighted by molar-refractivity contribution is 5.72. The van der Waals surface area contributed by atoms with Crippen LogP contribution in [0.1, 0.15) is 97.1 Å². The van der Waals surface area contributed by atoms with E-state index in [1.165, 1.54) is 0 Å². The van der Waals surface area contributed by atoms with Crippen molar-refractivity contribution in [2.24, 2.45) is 5.41 Å². The van der Waals surface area contributed by atoms with Gasteiger partial charge in [0.1, 0.15) is 11.5 Å². The first-order chi connectivity index (χ1) is 16.6. The van der Waals surface area contributed by atoms with Crippen LogP contribution < -0.4 is 4.74 Å². The second kappa shape index (κ2) is 13.5. The van der Waals surface area contributed by atoms with Crippen molar-refractivity contribution in [1.29, 1.82) is 0 Å². The summed E-state index contributed by atoms with van der Waals surface area (Å²) in [7, 11) is 0. The normalized spacial score (nSPS) is 13.2. The molecule has 0 saturated heterocycles. The van der Waals surface area contributed by atoms with Crippen LogP contribution in [-0.4, -0.2) is 22.3 Å². The Labute approximate surface area is 212 Å². The molecule has 0 radical (unpaired) electrons. The molecule has 192 valence electrons. The van der Waals surface area contributed by atoms with Crippen molar-refractivity contribution >= 4 is 5.97 Å². The van der Waals surface area contributed by atoms with Crippen LogP contribution in [0.4, 0.5) is 0 Å². The van der Waals surface area contributed by atoms with Gasteiger partial charge in [-0.05, 0) is 55.2 Å². The van der Waals surface area contributed by atoms with E-state index in [-0.39, 0.29) is 28.7 Å². The third-order valence-corrected chi connectivity index (χ3v) is 6.96. The number of unbranched alkanes of at least 4 members (excludes halogenated alkanes) is 5. The van der Waals surface area contributed by atoms with E-state index in [0.717, 1.165) is 56.1 Å². The van der Waals surface area contributed by atoms with E-state index >= 15 is 0 Å². The van der Waals surface area contributed by atoms with E-state index in [0.29, 0.717) is 12.2 Å². The molecule has 2 aromatic rings. The smallest absolute Gasteiger partial charge is 0.311 e. The van der Waals surface area contributed by atoms with Crippen molar-refractivity contribution in [3.05, 3.63) is 71.8 Å². The molecule has 2 N–H and O–H groups in total. The molecular formula is C31H44O4. The van der Waals surface area contributed by atoms with Crippen LogP contribution in [0.5, 0.6) is 11.5 Å². The van der Waals surface area contributed by atoms with Crippen molar-refractivity contribution < 1.29 is 19.7 Å². The monoisotopic (exact) mass is 480 g/mol. The van der Waals surface area contributed by atoms with Gasteiger partial charge in [-0.1, -0.05) is 96.2 Å². The van der Waals surface area contributed by atoms with Gasteiger partial charge in [-0.15, -0.1) is 0 Å². The maximum absolute atomic E-state index is 12.2. The van der Waals surface area contributed by atoms with Crippen molar-refractivity contribution in [2.45, 2.75) is 97.5 Å². The lowest BCUT2D eigenvalue weighted by Crippen LogP contribution is -2.27. The maximum atomic E-state index is 12.2. The SMILES string of the molecule is C/C=C/C(C)(C)C(O)CCCCCCCCC(=O)Oc1ccc(C(C)(C)c2ccc(O)cc2)cc1. The largest absolute Gasteiger partial charge is 0.508 e. The fourth-order valence-corrected chi connectivity index (χ4v) is 4.39. The van der Waals surface area contributed by atoms with Gasteiger partial charge in [0.2, 0.25) is 0 Å². The van der Waals surface area contributed by atoms with Gasteiger partial charge < -0.3 is 14.9 Å². The van der Waals surface area contributed by atoms with Gasteiger partial charge in [-0.2, -0.15) is 0 Å². The number of aromatic hydroxyl groups is 1. The number of ether oxygens (including phenoxy) is 1. The number of aliphatic hydroxyl groups excluding tert-OH is 1. The van der Waals surface area contributed by atoms with Gasteiger partial charge in [0.15, 0.2) is 0 Å². The van der Waals surface area contributed by atoms with Crippen LogP contribution in [-0.2, 0) is 10.2 Å². The molecule has 1 unspecified atom stereocenters. The van der Waals surface area contributed by atoms with E-state index in [1.54, 1.807) is 12.1 Å². The number of phenols is 1. The molecule has 4 nitrogen and oxygen atoms in total. The molecule has 0 spiro atoms. The lowest BCUT2D eigenvalue weighted by molar-refractivity contribution is -0.134. The Morgan fingerprint density at radius 1 is 0.857 bits per heavy atom. The minimum absolute atomic E-state index is 0.168. The predicted octanol–water partition coefficient (Wildman–Crippen LogP) is 7.71. The number of benzene rings is 2. The van der Waals surface area contributed by atoms with E-state index in [1.807, 2.05) is 49.4 Å². The Kier molecular flexibility index (Phi) is 11.0. The van der Waals surface area contributed by atoms with Crippen molar-refractivity contribution in [3.63, 3.8) is 0 Å². The number of phenolic OH excluding ortho intramolecular Hbond substituents is 1. The summed E-state index contributed by atoms with van der Waals surface area (Å²) in [5, 5.41) is 19.9. The second-order valence-electron chi connectivity index (χ2n) is 10.7. The number of hydrogen-bond donors (Lipinski definition) is 2. The van der Waals surface area contributed by atoms with Crippen LogP contribution in [0, 0.1) is 5.41 Å². The van der Waals surface area contributed by atoms with Gasteiger partial charge in [0.05, 0.1) is 6.10 Å². The number of carbonyl (C=O) groups is 1. The Balaban J connectivity index is 1.65. The quantitative estimate of drug-likeness (QED) is 0.126. The third-order valence-electron chi connectivity index (χ3n) is 6.96. The topological polar surface area (TPSA) is 66.8 Å². The van der Waals surface area contributed by atoms with Crippen LogP contribution in [0.15, 0.2) is 60.7 Å². The van der Waals surface area contributed by atoms with Crippen molar-refractivity contribution in [3.8, 4) is 11.5 Å². The summed E-state index contributed by atoms with van der Waals surface area (Å²) >= 11 is 0. The average Bonchev–Trinajstić information content (AvgIpc) is 2.81. The number of allylic oxidation sites excluding steroid dienone is 1. The molecule has 35 heavy (non-hydrogen) atoms. The Morgan fingerprint density at radius 3 is 1.94 bits per heavy atom. The highest BCUT2D eigenvalue weighted by Gasteiger charge is 2.24. The van der Waals surface area contributed by atoms with Gasteiger partial charge >= 0.3 is 5.97 Å². The molecule has 0 amide bonds. The Morgan fingerprint density at radius 2 is 1.37 bits per heavy atom. The lowest BCUT2D eigenvalue weighted by atomic mass is 9.78. The number of carbonyl (C=O) groups excluding carboxylic acids is 1. The highest BCUT2D eigenvalue weighted by Crippen LogP contribution is 2.33. The number of hydrogen-bond acceptors (Lipinski definition) is 4. The van der Waals surface area contributed by atoms with Crippen molar-refractivity contribution in [1.82, 2.24) is 0 Å². The molecule has 0 aromatic heterocycles. The van der Waals surface area contributed by atoms with E-state index in [9.17, 15) is 15.0 Å². The fraction of sp³-hybridized carbons (Fsp3) is 0.516. The van der Waals surface area contributed by atoms with Gasteiger partial charge in [-0.25, -0.2) is 0 Å². The molecule has 2 aromatic carbocycles. The van der Waals surface area contributed by atoms with E-state index in [4.69, 9.17) is 4.74 Å². The zero-order chi connectivity index (χ0) is 25.9. The molecule has 0 fully saturated rings. The van der Waals surface area contributed by atoms with Gasteiger partial charge in [-0.3, -0.25) is 4.79 Å². The lowest BCUT2D eigenvalue weighted by Gasteiger charge is -2.27. The van der Waals surface area contributed by atoms with Crippen LogP contribution in [0.2, 0.25) is 0 Å². The summed E-state index contributed by atoms with van der Waals surface area (Å²) in [5.41, 5.74) is 1.82. The Bertz CT molecular complexity index is 923. The summed E-state index contributed by atoms with van der Waals surface area (Å²) in [6, 6.07) is 14.9. The molecule has 0 aliphatic carbocycles. The van der Waals surface area contributed by atoms with Crippen LogP contribution in [0.25, 0.3) is 0 Å². The summed E-state index contributed by atoms with van der Waals surface area (Å²) < 4.78 is 5.52. The first-order valence-corrected chi connectivity index (χ1v) is 13.0. The molecule has 0 bridgehead atoms. The summed E-state index contributed by atoms with van der Waals surface area (Å²) in [6.07, 6.45) is 11.3. The first kappa shape index (κ1) is 28.6. The molecule has 0 saturated carbocycles. The molecule has 4 heteroatoms. The minimum Gasteiger partial charge on any atom is -0.508 e. The zero-order valence-electron chi connectivity index (χ0n) is 22.2. The molecule has 1 atom stereocenters. The molecular weight excluding hydrogens is 436 g/mol. The predicted molar refractivity (Wildman–Crippen MR) is 144 cm³/mol. The molecule has 0 aliphatic rings. The highest BCUT2D eigenvalue weighted by atomic mass is 16.5. The van der Waals surface area contributed by atoms with Crippen LogP contribution in [0.3, 0.4) is 0 Å². The number of aliphatic hydroxyl groups is 1. The van der Waals surface area contributed by atoms with Gasteiger partial charge in [0.25, 0.3) is 0 Å². The number of rotatable bonds is 14. The Hall–Kier alpha value is -2.59. The van der Waals surface area contributed by atoms with Gasteiger partial charge in [0, 0.05) is 17.3 Å². The maximum Gasteiger partial charge on any atom is 0.311 e. The van der Waals surface area contributed by atoms with Crippen LogP contribution >= 0.6 is 0 Å². The summed E-state index contributed by atoms with van der Waals surface area (Å²) in [5.74, 6) is 0.635.